The molecule has 2 aromatic carbocycles. The van der Waals surface area contributed by atoms with Crippen LogP contribution >= 0.6 is 11.6 Å². The molecule has 0 aliphatic carbocycles. The van der Waals surface area contributed by atoms with Crippen LogP contribution in [0.3, 0.4) is 0 Å². The minimum Gasteiger partial charge on any atom is -0.494 e. The van der Waals surface area contributed by atoms with Crippen molar-refractivity contribution in [1.82, 2.24) is 0 Å². The Kier molecular flexibility index (Phi) is 5.04. The van der Waals surface area contributed by atoms with Gasteiger partial charge < -0.3 is 15.2 Å². The summed E-state index contributed by atoms with van der Waals surface area (Å²) in [7, 11) is 1.43. The van der Waals surface area contributed by atoms with Gasteiger partial charge in [0.15, 0.2) is 11.6 Å². The van der Waals surface area contributed by atoms with E-state index in [4.69, 9.17) is 26.8 Å². The molecule has 0 amide bonds. The van der Waals surface area contributed by atoms with Gasteiger partial charge in [0.2, 0.25) is 0 Å². The predicted molar refractivity (Wildman–Crippen MR) is 81.3 cm³/mol. The average molecular weight is 310 g/mol. The average Bonchev–Trinajstić information content (AvgIpc) is 2.46. The van der Waals surface area contributed by atoms with E-state index in [0.29, 0.717) is 16.3 Å². The van der Waals surface area contributed by atoms with Gasteiger partial charge in [-0.25, -0.2) is 4.39 Å². The van der Waals surface area contributed by atoms with Crippen molar-refractivity contribution in [2.24, 2.45) is 5.73 Å². The Morgan fingerprint density at radius 3 is 2.52 bits per heavy atom. The summed E-state index contributed by atoms with van der Waals surface area (Å²) < 4.78 is 24.2. The van der Waals surface area contributed by atoms with Crippen molar-refractivity contribution in [2.45, 2.75) is 19.6 Å². The number of ether oxygens (including phenoxy) is 2. The SMILES string of the molecule is COc1ccc(COc2ccc(Cl)cc2[C@@H](C)N)cc1F. The van der Waals surface area contributed by atoms with E-state index in [0.717, 1.165) is 5.56 Å². The van der Waals surface area contributed by atoms with Gasteiger partial charge in [-0.2, -0.15) is 0 Å². The first kappa shape index (κ1) is 15.6. The molecular formula is C16H17ClFNO2. The molecule has 2 rings (SSSR count). The molecule has 0 fully saturated rings. The third-order valence-electron chi connectivity index (χ3n) is 3.07. The van der Waals surface area contributed by atoms with Crippen molar-refractivity contribution in [2.75, 3.05) is 7.11 Å². The van der Waals surface area contributed by atoms with E-state index in [2.05, 4.69) is 0 Å². The highest BCUT2D eigenvalue weighted by atomic mass is 35.5. The van der Waals surface area contributed by atoms with Gasteiger partial charge in [-0.1, -0.05) is 17.7 Å². The molecule has 21 heavy (non-hydrogen) atoms. The zero-order chi connectivity index (χ0) is 15.4. The zero-order valence-corrected chi connectivity index (χ0v) is 12.7. The minimum atomic E-state index is -0.415. The van der Waals surface area contributed by atoms with Gasteiger partial charge in [-0.05, 0) is 42.8 Å². The van der Waals surface area contributed by atoms with Crippen molar-refractivity contribution < 1.29 is 13.9 Å². The van der Waals surface area contributed by atoms with Crippen molar-refractivity contribution in [3.63, 3.8) is 0 Å². The maximum absolute atomic E-state index is 13.6. The van der Waals surface area contributed by atoms with Crippen molar-refractivity contribution in [3.8, 4) is 11.5 Å². The van der Waals surface area contributed by atoms with Crippen LogP contribution in [0, 0.1) is 5.82 Å². The molecule has 2 N–H and O–H groups in total. The number of methoxy groups -OCH3 is 1. The molecule has 2 aromatic rings. The van der Waals surface area contributed by atoms with Crippen LogP contribution in [0.4, 0.5) is 4.39 Å². The highest BCUT2D eigenvalue weighted by molar-refractivity contribution is 6.30. The van der Waals surface area contributed by atoms with Crippen LogP contribution in [0.25, 0.3) is 0 Å². The van der Waals surface area contributed by atoms with E-state index in [9.17, 15) is 4.39 Å². The normalized spacial score (nSPS) is 12.0. The van der Waals surface area contributed by atoms with Gasteiger partial charge in [0.05, 0.1) is 7.11 Å². The highest BCUT2D eigenvalue weighted by Crippen LogP contribution is 2.28. The van der Waals surface area contributed by atoms with Gasteiger partial charge in [-0.3, -0.25) is 0 Å². The van der Waals surface area contributed by atoms with Crippen LogP contribution in [0.1, 0.15) is 24.1 Å². The molecule has 0 saturated carbocycles. The fourth-order valence-corrected chi connectivity index (χ4v) is 2.15. The van der Waals surface area contributed by atoms with E-state index in [-0.39, 0.29) is 18.4 Å². The molecule has 0 bridgehead atoms. The van der Waals surface area contributed by atoms with E-state index in [1.165, 1.54) is 13.2 Å². The number of benzene rings is 2. The molecule has 0 saturated heterocycles. The molecule has 5 heteroatoms. The topological polar surface area (TPSA) is 44.5 Å². The maximum Gasteiger partial charge on any atom is 0.165 e. The molecule has 0 unspecified atom stereocenters. The highest BCUT2D eigenvalue weighted by Gasteiger charge is 2.10. The summed E-state index contributed by atoms with van der Waals surface area (Å²) in [5.74, 6) is 0.439. The van der Waals surface area contributed by atoms with Gasteiger partial charge in [-0.15, -0.1) is 0 Å². The quantitative estimate of drug-likeness (QED) is 0.905. The van der Waals surface area contributed by atoms with Crippen LogP contribution in [0.2, 0.25) is 5.02 Å². The lowest BCUT2D eigenvalue weighted by molar-refractivity contribution is 0.300. The summed E-state index contributed by atoms with van der Waals surface area (Å²) in [4.78, 5) is 0. The van der Waals surface area contributed by atoms with Crippen molar-refractivity contribution in [1.29, 1.82) is 0 Å². The van der Waals surface area contributed by atoms with Crippen LogP contribution < -0.4 is 15.2 Å². The second-order valence-electron chi connectivity index (χ2n) is 4.73. The molecule has 0 aromatic heterocycles. The van der Waals surface area contributed by atoms with E-state index in [1.54, 1.807) is 30.3 Å². The fraction of sp³-hybridized carbons (Fsp3) is 0.250. The van der Waals surface area contributed by atoms with Crippen LogP contribution in [0.5, 0.6) is 11.5 Å². The van der Waals surface area contributed by atoms with Crippen LogP contribution in [-0.2, 0) is 6.61 Å². The first-order valence-corrected chi connectivity index (χ1v) is 6.89. The number of halogens is 2. The van der Waals surface area contributed by atoms with Gasteiger partial charge in [0.1, 0.15) is 12.4 Å². The lowest BCUT2D eigenvalue weighted by Gasteiger charge is -2.14. The van der Waals surface area contributed by atoms with E-state index >= 15 is 0 Å². The Balaban J connectivity index is 2.15. The summed E-state index contributed by atoms with van der Waals surface area (Å²) in [5.41, 5.74) is 7.42. The Bertz CT molecular complexity index is 632. The largest absolute Gasteiger partial charge is 0.494 e. The first-order valence-electron chi connectivity index (χ1n) is 6.51. The second kappa shape index (κ2) is 6.78. The third kappa shape index (κ3) is 3.86. The third-order valence-corrected chi connectivity index (χ3v) is 3.31. The molecule has 0 aliphatic heterocycles. The molecule has 0 spiro atoms. The minimum absolute atomic E-state index is 0.202. The standard InChI is InChI=1S/C16H17ClFNO2/c1-10(19)13-8-12(17)4-6-15(13)21-9-11-3-5-16(20-2)14(18)7-11/h3-8,10H,9,19H2,1-2H3/t10-/m1/s1. The monoisotopic (exact) mass is 309 g/mol. The van der Waals surface area contributed by atoms with E-state index < -0.39 is 5.82 Å². The molecule has 0 radical (unpaired) electrons. The number of nitrogens with two attached hydrogens (primary N) is 1. The summed E-state index contributed by atoms with van der Waals surface area (Å²) >= 11 is 5.96. The smallest absolute Gasteiger partial charge is 0.165 e. The molecule has 3 nitrogen and oxygen atoms in total. The maximum atomic E-state index is 13.6. The Labute approximate surface area is 128 Å². The first-order chi connectivity index (χ1) is 10.0. The Morgan fingerprint density at radius 1 is 1.19 bits per heavy atom. The van der Waals surface area contributed by atoms with Gasteiger partial charge in [0.25, 0.3) is 0 Å². The zero-order valence-electron chi connectivity index (χ0n) is 11.9. The Morgan fingerprint density at radius 2 is 1.90 bits per heavy atom. The summed E-state index contributed by atoms with van der Waals surface area (Å²) in [5, 5.41) is 0.602. The van der Waals surface area contributed by atoms with Crippen LogP contribution in [0.15, 0.2) is 36.4 Å². The van der Waals surface area contributed by atoms with Gasteiger partial charge in [0, 0.05) is 16.6 Å². The van der Waals surface area contributed by atoms with Crippen molar-refractivity contribution in [3.05, 3.63) is 58.4 Å². The number of hydrogen-bond acceptors (Lipinski definition) is 3. The molecule has 0 aliphatic rings. The van der Waals surface area contributed by atoms with Crippen molar-refractivity contribution >= 4 is 11.6 Å². The predicted octanol–water partition coefficient (Wildman–Crippen LogP) is 4.09. The summed E-state index contributed by atoms with van der Waals surface area (Å²) in [6, 6.07) is 9.78. The molecule has 0 heterocycles. The molecular weight excluding hydrogens is 293 g/mol. The van der Waals surface area contributed by atoms with E-state index in [1.807, 2.05) is 6.92 Å². The lowest BCUT2D eigenvalue weighted by atomic mass is 10.1. The summed E-state index contributed by atoms with van der Waals surface area (Å²) in [6.07, 6.45) is 0. The second-order valence-corrected chi connectivity index (χ2v) is 5.16. The number of hydrogen-bond donors (Lipinski definition) is 1. The Hall–Kier alpha value is -1.78. The fourth-order valence-electron chi connectivity index (χ4n) is 1.97. The lowest BCUT2D eigenvalue weighted by Crippen LogP contribution is -2.08. The molecule has 1 atom stereocenters. The molecule has 112 valence electrons. The van der Waals surface area contributed by atoms with Gasteiger partial charge >= 0.3 is 0 Å². The van der Waals surface area contributed by atoms with Crippen LogP contribution in [-0.4, -0.2) is 7.11 Å². The number of rotatable bonds is 5. The summed E-state index contributed by atoms with van der Waals surface area (Å²) in [6.45, 7) is 2.09.